The first-order valence-electron chi connectivity index (χ1n) is 5.65. The predicted octanol–water partition coefficient (Wildman–Crippen LogP) is 2.05. The van der Waals surface area contributed by atoms with Crippen LogP contribution < -0.4 is 5.32 Å². The number of alkyl halides is 1. The number of Topliss-reactive ketones (excluding diaryl/α,β-unsaturated/α-hetero) is 1. The summed E-state index contributed by atoms with van der Waals surface area (Å²) in [7, 11) is 0. The molecule has 2 atom stereocenters. The molecule has 1 aliphatic heterocycles. The zero-order valence-corrected chi connectivity index (χ0v) is 10.9. The molecule has 0 radical (unpaired) electrons. The molecule has 0 bridgehead atoms. The SMILES string of the molecule is O=C(CCc1cncc(Br)c1)[C@@H]1C[C@@H](F)CN1. The van der Waals surface area contributed by atoms with Crippen molar-refractivity contribution in [2.45, 2.75) is 31.5 Å². The number of hydrogen-bond donors (Lipinski definition) is 1. The van der Waals surface area contributed by atoms with Crippen molar-refractivity contribution in [3.05, 3.63) is 28.5 Å². The first-order chi connectivity index (χ1) is 8.15. The zero-order valence-electron chi connectivity index (χ0n) is 9.33. The summed E-state index contributed by atoms with van der Waals surface area (Å²) in [5, 5.41) is 2.90. The van der Waals surface area contributed by atoms with Crippen LogP contribution in [0.25, 0.3) is 0 Å². The van der Waals surface area contributed by atoms with Crippen LogP contribution in [0.4, 0.5) is 4.39 Å². The van der Waals surface area contributed by atoms with Gasteiger partial charge in [0.15, 0.2) is 0 Å². The molecule has 0 unspecified atom stereocenters. The van der Waals surface area contributed by atoms with Crippen LogP contribution in [0.15, 0.2) is 22.9 Å². The first-order valence-corrected chi connectivity index (χ1v) is 6.44. The Hall–Kier alpha value is -0.810. The maximum atomic E-state index is 12.9. The topological polar surface area (TPSA) is 42.0 Å². The van der Waals surface area contributed by atoms with Crippen LogP contribution in [0.1, 0.15) is 18.4 Å². The molecule has 0 spiro atoms. The Labute approximate surface area is 108 Å². The van der Waals surface area contributed by atoms with Gasteiger partial charge in [-0.3, -0.25) is 9.78 Å². The van der Waals surface area contributed by atoms with Crippen molar-refractivity contribution in [2.24, 2.45) is 0 Å². The van der Waals surface area contributed by atoms with Crippen molar-refractivity contribution in [2.75, 3.05) is 6.54 Å². The third kappa shape index (κ3) is 3.57. The fourth-order valence-corrected chi connectivity index (χ4v) is 2.38. The van der Waals surface area contributed by atoms with Crippen molar-refractivity contribution in [1.82, 2.24) is 10.3 Å². The minimum atomic E-state index is -0.878. The van der Waals surface area contributed by atoms with E-state index in [9.17, 15) is 9.18 Å². The highest BCUT2D eigenvalue weighted by atomic mass is 79.9. The van der Waals surface area contributed by atoms with Crippen molar-refractivity contribution in [3.63, 3.8) is 0 Å². The van der Waals surface area contributed by atoms with Gasteiger partial charge >= 0.3 is 0 Å². The number of rotatable bonds is 4. The lowest BCUT2D eigenvalue weighted by atomic mass is 10.0. The van der Waals surface area contributed by atoms with Gasteiger partial charge in [-0.05, 0) is 34.0 Å². The van der Waals surface area contributed by atoms with Gasteiger partial charge in [-0.25, -0.2) is 4.39 Å². The molecule has 92 valence electrons. The number of aryl methyl sites for hydroxylation is 1. The Morgan fingerprint density at radius 3 is 3.06 bits per heavy atom. The van der Waals surface area contributed by atoms with E-state index in [0.717, 1.165) is 10.0 Å². The average molecular weight is 301 g/mol. The molecule has 0 saturated carbocycles. The fourth-order valence-electron chi connectivity index (χ4n) is 1.97. The highest BCUT2D eigenvalue weighted by Crippen LogP contribution is 2.15. The molecule has 2 heterocycles. The second-order valence-electron chi connectivity index (χ2n) is 4.27. The Kier molecular flexibility index (Phi) is 4.23. The monoisotopic (exact) mass is 300 g/mol. The van der Waals surface area contributed by atoms with Gasteiger partial charge in [0.05, 0.1) is 6.04 Å². The second kappa shape index (κ2) is 5.69. The summed E-state index contributed by atoms with van der Waals surface area (Å²) in [6.07, 6.45) is 3.98. The van der Waals surface area contributed by atoms with Crippen LogP contribution in [0.3, 0.4) is 0 Å². The Bertz CT molecular complexity index is 413. The number of pyridine rings is 1. The number of nitrogens with zero attached hydrogens (tertiary/aromatic N) is 1. The summed E-state index contributed by atoms with van der Waals surface area (Å²) in [4.78, 5) is 15.8. The third-order valence-corrected chi connectivity index (χ3v) is 3.32. The van der Waals surface area contributed by atoms with Gasteiger partial charge in [-0.2, -0.15) is 0 Å². The van der Waals surface area contributed by atoms with Gasteiger partial charge in [0.25, 0.3) is 0 Å². The normalized spacial score (nSPS) is 23.9. The number of hydrogen-bond acceptors (Lipinski definition) is 3. The lowest BCUT2D eigenvalue weighted by molar-refractivity contribution is -0.120. The van der Waals surface area contributed by atoms with Crippen LogP contribution in [-0.2, 0) is 11.2 Å². The molecule has 0 aliphatic carbocycles. The predicted molar refractivity (Wildman–Crippen MR) is 66.6 cm³/mol. The number of ketones is 1. The summed E-state index contributed by atoms with van der Waals surface area (Å²) in [6.45, 7) is 0.300. The van der Waals surface area contributed by atoms with E-state index in [1.165, 1.54) is 0 Å². The van der Waals surface area contributed by atoms with Crippen molar-refractivity contribution in [3.8, 4) is 0 Å². The fraction of sp³-hybridized carbons (Fsp3) is 0.500. The van der Waals surface area contributed by atoms with Crippen LogP contribution in [0.5, 0.6) is 0 Å². The minimum absolute atomic E-state index is 0.0881. The maximum Gasteiger partial charge on any atom is 0.150 e. The molecule has 2 rings (SSSR count). The van der Waals surface area contributed by atoms with E-state index in [-0.39, 0.29) is 11.8 Å². The molecule has 17 heavy (non-hydrogen) atoms. The van der Waals surface area contributed by atoms with Crippen molar-refractivity contribution < 1.29 is 9.18 Å². The molecule has 0 amide bonds. The van der Waals surface area contributed by atoms with E-state index in [2.05, 4.69) is 26.2 Å². The van der Waals surface area contributed by atoms with Crippen molar-refractivity contribution >= 4 is 21.7 Å². The molecule has 0 aromatic carbocycles. The van der Waals surface area contributed by atoms with E-state index >= 15 is 0 Å². The second-order valence-corrected chi connectivity index (χ2v) is 5.19. The summed E-state index contributed by atoms with van der Waals surface area (Å²) in [6, 6.07) is 1.64. The van der Waals surface area contributed by atoms with E-state index in [1.807, 2.05) is 6.07 Å². The van der Waals surface area contributed by atoms with E-state index in [4.69, 9.17) is 0 Å². The number of nitrogens with one attached hydrogen (secondary N) is 1. The zero-order chi connectivity index (χ0) is 12.3. The molecular formula is C12H14BrFN2O. The number of carbonyl (C=O) groups is 1. The molecule has 3 nitrogen and oxygen atoms in total. The molecule has 1 saturated heterocycles. The molecule has 1 aliphatic rings. The summed E-state index contributed by atoms with van der Waals surface area (Å²) >= 11 is 3.33. The number of halogens is 2. The van der Waals surface area contributed by atoms with Gasteiger partial charge in [-0.1, -0.05) is 0 Å². The highest BCUT2D eigenvalue weighted by Gasteiger charge is 2.28. The van der Waals surface area contributed by atoms with Crippen LogP contribution in [0, 0.1) is 0 Å². The summed E-state index contributed by atoms with van der Waals surface area (Å²) in [5.41, 5.74) is 1.02. The van der Waals surface area contributed by atoms with E-state index in [0.29, 0.717) is 25.8 Å². The summed E-state index contributed by atoms with van der Waals surface area (Å²) in [5.74, 6) is 0.0881. The molecule has 1 aromatic rings. The number of carbonyl (C=O) groups excluding carboxylic acids is 1. The van der Waals surface area contributed by atoms with Crippen molar-refractivity contribution in [1.29, 1.82) is 0 Å². The lowest BCUT2D eigenvalue weighted by Gasteiger charge is -2.08. The van der Waals surface area contributed by atoms with Gasteiger partial charge in [0, 0.05) is 36.3 Å². The maximum absolute atomic E-state index is 12.9. The molecular weight excluding hydrogens is 287 g/mol. The first kappa shape index (κ1) is 12.6. The molecule has 1 aromatic heterocycles. The minimum Gasteiger partial charge on any atom is -0.304 e. The standard InChI is InChI=1S/C12H14BrFN2O/c13-9-3-8(5-15-6-9)1-2-12(17)11-4-10(14)7-16-11/h3,5-6,10-11,16H,1-2,4,7H2/t10-,11+/m1/s1. The number of aromatic nitrogens is 1. The van der Waals surface area contributed by atoms with Gasteiger partial charge < -0.3 is 5.32 Å². The van der Waals surface area contributed by atoms with E-state index < -0.39 is 6.17 Å². The van der Waals surface area contributed by atoms with Crippen LogP contribution in [0.2, 0.25) is 0 Å². The van der Waals surface area contributed by atoms with Gasteiger partial charge in [0.2, 0.25) is 0 Å². The lowest BCUT2D eigenvalue weighted by Crippen LogP contribution is -2.30. The van der Waals surface area contributed by atoms with Crippen LogP contribution >= 0.6 is 15.9 Å². The highest BCUT2D eigenvalue weighted by molar-refractivity contribution is 9.10. The average Bonchev–Trinajstić information content (AvgIpc) is 2.73. The smallest absolute Gasteiger partial charge is 0.150 e. The Morgan fingerprint density at radius 2 is 2.41 bits per heavy atom. The Balaban J connectivity index is 1.84. The summed E-state index contributed by atoms with van der Waals surface area (Å²) < 4.78 is 13.8. The molecule has 1 fully saturated rings. The van der Waals surface area contributed by atoms with Gasteiger partial charge in [0.1, 0.15) is 12.0 Å². The van der Waals surface area contributed by atoms with E-state index in [1.54, 1.807) is 12.4 Å². The third-order valence-electron chi connectivity index (χ3n) is 2.89. The Morgan fingerprint density at radius 1 is 1.59 bits per heavy atom. The molecule has 1 N–H and O–H groups in total. The largest absolute Gasteiger partial charge is 0.304 e. The quantitative estimate of drug-likeness (QED) is 0.925. The molecule has 5 heteroatoms. The van der Waals surface area contributed by atoms with Gasteiger partial charge in [-0.15, -0.1) is 0 Å². The van der Waals surface area contributed by atoms with Crippen LogP contribution in [-0.4, -0.2) is 29.5 Å².